The molecule has 3 aromatic heterocycles. The summed E-state index contributed by atoms with van der Waals surface area (Å²) in [6.07, 6.45) is -0.230. The third-order valence-electron chi connectivity index (χ3n) is 4.47. The summed E-state index contributed by atoms with van der Waals surface area (Å²) in [7, 11) is 0. The van der Waals surface area contributed by atoms with Gasteiger partial charge in [-0.2, -0.15) is 9.67 Å². The molecule has 0 N–H and O–H groups in total. The van der Waals surface area contributed by atoms with Crippen molar-refractivity contribution in [1.82, 2.24) is 34.7 Å². The van der Waals surface area contributed by atoms with Crippen molar-refractivity contribution in [3.8, 4) is 17.5 Å². The molecule has 0 saturated carbocycles. The van der Waals surface area contributed by atoms with E-state index in [0.29, 0.717) is 29.8 Å². The molecule has 0 atom stereocenters. The Balaban J connectivity index is 1.64. The first-order valence-corrected chi connectivity index (χ1v) is 8.25. The highest BCUT2D eigenvalue weighted by Crippen LogP contribution is 2.33. The Bertz CT molecular complexity index is 1100. The van der Waals surface area contributed by atoms with Crippen LogP contribution in [0.1, 0.15) is 30.8 Å². The zero-order valence-corrected chi connectivity index (χ0v) is 13.5. The Labute approximate surface area is 145 Å². The highest BCUT2D eigenvalue weighted by atomic mass is 19.3. The first kappa shape index (κ1) is 15.1. The molecule has 4 aromatic rings. The molecule has 1 aromatic carbocycles. The van der Waals surface area contributed by atoms with E-state index in [0.717, 1.165) is 12.8 Å². The van der Waals surface area contributed by atoms with Gasteiger partial charge in [-0.05, 0) is 30.1 Å². The van der Waals surface area contributed by atoms with E-state index < -0.39 is 6.43 Å². The van der Waals surface area contributed by atoms with E-state index in [1.165, 1.54) is 4.68 Å². The van der Waals surface area contributed by atoms with Crippen LogP contribution in [0.25, 0.3) is 28.6 Å². The average molecular weight is 357 g/mol. The fraction of sp³-hybridized carbons (Fsp3) is 0.312. The van der Waals surface area contributed by atoms with Gasteiger partial charge in [0.1, 0.15) is 22.7 Å². The molecule has 5 rings (SSSR count). The number of rotatable bonds is 3. The molecule has 1 aliphatic rings. The lowest BCUT2D eigenvalue weighted by atomic mass is 10.1. The normalized spacial score (nSPS) is 14.3. The van der Waals surface area contributed by atoms with Crippen LogP contribution in [0.4, 0.5) is 8.78 Å². The summed E-state index contributed by atoms with van der Waals surface area (Å²) < 4.78 is 35.5. The highest BCUT2D eigenvalue weighted by molar-refractivity contribution is 5.75. The van der Waals surface area contributed by atoms with E-state index in [-0.39, 0.29) is 23.2 Å². The second-order valence-electron chi connectivity index (χ2n) is 6.06. The molecule has 0 bridgehead atoms. The van der Waals surface area contributed by atoms with Gasteiger partial charge in [-0.25, -0.2) is 13.8 Å². The van der Waals surface area contributed by atoms with Crippen molar-refractivity contribution in [1.29, 1.82) is 0 Å². The lowest BCUT2D eigenvalue weighted by Gasteiger charge is -2.14. The largest absolute Gasteiger partial charge is 0.330 e. The van der Waals surface area contributed by atoms with Crippen LogP contribution in [0, 0.1) is 0 Å². The summed E-state index contributed by atoms with van der Waals surface area (Å²) in [6.45, 7) is 0.606. The number of aromatic nitrogens is 7. The average Bonchev–Trinajstić information content (AvgIpc) is 3.36. The lowest BCUT2D eigenvalue weighted by Crippen LogP contribution is -2.11. The molecule has 26 heavy (non-hydrogen) atoms. The van der Waals surface area contributed by atoms with Crippen LogP contribution in [-0.4, -0.2) is 34.7 Å². The highest BCUT2D eigenvalue weighted by Gasteiger charge is 2.29. The summed E-state index contributed by atoms with van der Waals surface area (Å²) in [4.78, 5) is 8.38. The van der Waals surface area contributed by atoms with Crippen LogP contribution in [-0.2, 0) is 13.0 Å². The Morgan fingerprint density at radius 3 is 2.88 bits per heavy atom. The number of aryl methyl sites for hydroxylation is 1. The summed E-state index contributed by atoms with van der Waals surface area (Å²) >= 11 is 0. The number of nitrogens with zero attached hydrogens (tertiary/aromatic N) is 7. The number of hydrogen-bond donors (Lipinski definition) is 0. The molecule has 0 spiro atoms. The summed E-state index contributed by atoms with van der Waals surface area (Å²) in [5, 5.41) is 12.0. The zero-order valence-electron chi connectivity index (χ0n) is 13.5. The maximum absolute atomic E-state index is 13.5. The van der Waals surface area contributed by atoms with Crippen LogP contribution in [0.15, 0.2) is 28.8 Å². The number of para-hydroxylation sites is 1. The summed E-state index contributed by atoms with van der Waals surface area (Å²) in [5.41, 5.74) is 1.25. The molecule has 0 radical (unpaired) electrons. The molecular weight excluding hydrogens is 344 g/mol. The first-order valence-electron chi connectivity index (χ1n) is 8.25. The maximum Gasteiger partial charge on any atom is 0.293 e. The standard InChI is InChI=1S/C16H13F2N7O/c17-14(18)12-13(24-8-4-3-7-11(24)19-12)15-20-16(22-26-15)25-10-6-2-1-5-9(10)21-23-25/h1-2,5-6,14H,3-4,7-8H2. The molecule has 0 amide bonds. The van der Waals surface area contributed by atoms with E-state index in [1.807, 2.05) is 24.3 Å². The van der Waals surface area contributed by atoms with Crippen LogP contribution in [0.2, 0.25) is 0 Å². The van der Waals surface area contributed by atoms with Gasteiger partial charge in [0.05, 0.1) is 5.52 Å². The number of fused-ring (bicyclic) bond motifs is 2. The number of halogens is 2. The molecule has 10 heteroatoms. The minimum atomic E-state index is -2.72. The van der Waals surface area contributed by atoms with Gasteiger partial charge in [0.25, 0.3) is 18.3 Å². The third-order valence-corrected chi connectivity index (χ3v) is 4.47. The van der Waals surface area contributed by atoms with Crippen LogP contribution >= 0.6 is 0 Å². The van der Waals surface area contributed by atoms with Crippen LogP contribution < -0.4 is 0 Å². The van der Waals surface area contributed by atoms with E-state index >= 15 is 0 Å². The molecule has 0 unspecified atom stereocenters. The van der Waals surface area contributed by atoms with Gasteiger partial charge >= 0.3 is 0 Å². The quantitative estimate of drug-likeness (QED) is 0.560. The minimum Gasteiger partial charge on any atom is -0.330 e. The summed E-state index contributed by atoms with van der Waals surface area (Å²) in [5.74, 6) is 0.781. The Hall–Kier alpha value is -3.17. The minimum absolute atomic E-state index is 0.00975. The molecule has 0 fully saturated rings. The number of hydrogen-bond acceptors (Lipinski definition) is 6. The molecule has 0 aliphatic carbocycles. The molecular formula is C16H13F2N7O. The topological polar surface area (TPSA) is 87.5 Å². The van der Waals surface area contributed by atoms with E-state index in [1.54, 1.807) is 4.57 Å². The van der Waals surface area contributed by atoms with Crippen molar-refractivity contribution in [3.63, 3.8) is 0 Å². The lowest BCUT2D eigenvalue weighted by molar-refractivity contribution is 0.147. The molecule has 8 nitrogen and oxygen atoms in total. The van der Waals surface area contributed by atoms with Gasteiger partial charge in [-0.3, -0.25) is 0 Å². The van der Waals surface area contributed by atoms with Crippen molar-refractivity contribution >= 4 is 11.0 Å². The second-order valence-corrected chi connectivity index (χ2v) is 6.06. The third kappa shape index (κ3) is 2.21. The first-order chi connectivity index (χ1) is 12.7. The Morgan fingerprint density at radius 2 is 2.00 bits per heavy atom. The zero-order chi connectivity index (χ0) is 17.7. The predicted molar refractivity (Wildman–Crippen MR) is 85.8 cm³/mol. The van der Waals surface area contributed by atoms with Gasteiger partial charge in [0.15, 0.2) is 0 Å². The number of benzene rings is 1. The smallest absolute Gasteiger partial charge is 0.293 e. The van der Waals surface area contributed by atoms with Crippen LogP contribution in [0.3, 0.4) is 0 Å². The van der Waals surface area contributed by atoms with Gasteiger partial charge in [0, 0.05) is 13.0 Å². The molecule has 1 aliphatic heterocycles. The second kappa shape index (κ2) is 5.68. The fourth-order valence-corrected chi connectivity index (χ4v) is 3.30. The van der Waals surface area contributed by atoms with Crippen molar-refractivity contribution in [2.24, 2.45) is 0 Å². The summed E-state index contributed by atoms with van der Waals surface area (Å²) in [6, 6.07) is 7.31. The molecule has 0 saturated heterocycles. The van der Waals surface area contributed by atoms with Gasteiger partial charge in [-0.1, -0.05) is 17.3 Å². The monoisotopic (exact) mass is 357 g/mol. The number of alkyl halides is 2. The van der Waals surface area contributed by atoms with Crippen molar-refractivity contribution in [2.45, 2.75) is 32.2 Å². The SMILES string of the molecule is FC(F)c1nc2n(c1-c1nc(-n3nnc4ccccc43)no1)CCCC2. The maximum atomic E-state index is 13.5. The van der Waals surface area contributed by atoms with E-state index in [4.69, 9.17) is 4.52 Å². The van der Waals surface area contributed by atoms with Crippen molar-refractivity contribution < 1.29 is 13.3 Å². The van der Waals surface area contributed by atoms with Crippen molar-refractivity contribution in [3.05, 3.63) is 35.8 Å². The van der Waals surface area contributed by atoms with Gasteiger partial charge < -0.3 is 9.09 Å². The van der Waals surface area contributed by atoms with Crippen LogP contribution in [0.5, 0.6) is 0 Å². The van der Waals surface area contributed by atoms with Crippen molar-refractivity contribution in [2.75, 3.05) is 0 Å². The number of imidazole rings is 1. The predicted octanol–water partition coefficient (Wildman–Crippen LogP) is 2.94. The van der Waals surface area contributed by atoms with E-state index in [2.05, 4.69) is 25.4 Å². The Morgan fingerprint density at radius 1 is 1.12 bits per heavy atom. The van der Waals surface area contributed by atoms with Gasteiger partial charge in [0.2, 0.25) is 0 Å². The Kier molecular flexibility index (Phi) is 3.30. The van der Waals surface area contributed by atoms with E-state index in [9.17, 15) is 8.78 Å². The fourth-order valence-electron chi connectivity index (χ4n) is 3.30. The van der Waals surface area contributed by atoms with Gasteiger partial charge in [-0.15, -0.1) is 5.10 Å². The molecule has 132 valence electrons. The molecule has 4 heterocycles.